The van der Waals surface area contributed by atoms with E-state index in [4.69, 9.17) is 27.9 Å². The lowest BCUT2D eigenvalue weighted by atomic mass is 9.93. The number of sulfonamides is 1. The van der Waals surface area contributed by atoms with E-state index in [9.17, 15) is 8.42 Å². The van der Waals surface area contributed by atoms with Crippen molar-refractivity contribution in [2.75, 3.05) is 27.3 Å². The van der Waals surface area contributed by atoms with E-state index in [0.29, 0.717) is 36.1 Å². The Bertz CT molecular complexity index is 584. The number of halogens is 2. The Balaban J connectivity index is 2.28. The molecule has 1 aliphatic heterocycles. The van der Waals surface area contributed by atoms with Crippen LogP contribution in [0.4, 0.5) is 0 Å². The first-order chi connectivity index (χ1) is 9.84. The number of hydrogen-bond acceptors (Lipinski definition) is 3. The van der Waals surface area contributed by atoms with Gasteiger partial charge in [0, 0.05) is 36.7 Å². The van der Waals surface area contributed by atoms with Gasteiger partial charge in [-0.05, 0) is 30.5 Å². The minimum Gasteiger partial charge on any atom is -0.381 e. The highest BCUT2D eigenvalue weighted by atomic mass is 35.5. The first-order valence-electron chi connectivity index (χ1n) is 6.76. The molecule has 1 fully saturated rings. The highest BCUT2D eigenvalue weighted by Gasteiger charge is 2.37. The molecule has 0 aromatic heterocycles. The van der Waals surface area contributed by atoms with Crippen molar-refractivity contribution in [2.24, 2.45) is 5.92 Å². The molecule has 0 saturated carbocycles. The maximum atomic E-state index is 12.5. The van der Waals surface area contributed by atoms with Crippen molar-refractivity contribution in [3.63, 3.8) is 0 Å². The van der Waals surface area contributed by atoms with Crippen molar-refractivity contribution >= 4 is 33.2 Å². The van der Waals surface area contributed by atoms with Crippen LogP contribution in [0.3, 0.4) is 0 Å². The quantitative estimate of drug-likeness (QED) is 0.837. The fourth-order valence-electron chi connectivity index (χ4n) is 2.62. The molecule has 1 aliphatic rings. The molecule has 0 radical (unpaired) electrons. The van der Waals surface area contributed by atoms with Crippen LogP contribution >= 0.6 is 23.2 Å². The van der Waals surface area contributed by atoms with Crippen LogP contribution in [0.5, 0.6) is 0 Å². The van der Waals surface area contributed by atoms with Crippen LogP contribution in [0.2, 0.25) is 10.0 Å². The molecule has 0 aliphatic carbocycles. The lowest BCUT2D eigenvalue weighted by Gasteiger charge is -2.33. The van der Waals surface area contributed by atoms with Crippen LogP contribution in [0.15, 0.2) is 18.2 Å². The molecule has 4 nitrogen and oxygen atoms in total. The van der Waals surface area contributed by atoms with Crippen LogP contribution < -0.4 is 0 Å². The molecule has 0 amide bonds. The predicted molar refractivity (Wildman–Crippen MR) is 85.5 cm³/mol. The zero-order valence-electron chi connectivity index (χ0n) is 12.1. The van der Waals surface area contributed by atoms with Crippen molar-refractivity contribution < 1.29 is 13.2 Å². The van der Waals surface area contributed by atoms with Crippen molar-refractivity contribution in [3.8, 4) is 0 Å². The molecular formula is C14H19Cl2NO3S. The van der Waals surface area contributed by atoms with Crippen molar-refractivity contribution in [1.29, 1.82) is 0 Å². The number of benzene rings is 1. The molecule has 0 bridgehead atoms. The Kier molecular flexibility index (Phi) is 5.54. The van der Waals surface area contributed by atoms with Gasteiger partial charge < -0.3 is 4.74 Å². The zero-order chi connectivity index (χ0) is 15.6. The van der Waals surface area contributed by atoms with Gasteiger partial charge in [-0.1, -0.05) is 29.3 Å². The van der Waals surface area contributed by atoms with Crippen molar-refractivity contribution in [1.82, 2.24) is 4.31 Å². The lowest BCUT2D eigenvalue weighted by molar-refractivity contribution is 0.0564. The fourth-order valence-corrected chi connectivity index (χ4v) is 4.77. The Hall–Kier alpha value is -0.330. The third-order valence-corrected chi connectivity index (χ3v) is 6.94. The molecule has 1 saturated heterocycles. The van der Waals surface area contributed by atoms with Gasteiger partial charge >= 0.3 is 0 Å². The monoisotopic (exact) mass is 351 g/mol. The fraction of sp³-hybridized carbons (Fsp3) is 0.571. The van der Waals surface area contributed by atoms with E-state index in [0.717, 1.165) is 5.56 Å². The first-order valence-corrected chi connectivity index (χ1v) is 9.02. The maximum Gasteiger partial charge on any atom is 0.216 e. The molecule has 2 atom stereocenters. The van der Waals surface area contributed by atoms with Crippen molar-refractivity contribution in [2.45, 2.75) is 18.1 Å². The number of rotatable bonds is 4. The summed E-state index contributed by atoms with van der Waals surface area (Å²) in [5.41, 5.74) is 0.787. The lowest BCUT2D eigenvalue weighted by Crippen LogP contribution is -2.44. The van der Waals surface area contributed by atoms with E-state index < -0.39 is 15.3 Å². The summed E-state index contributed by atoms with van der Waals surface area (Å²) in [5.74, 6) is -0.149. The molecule has 0 N–H and O–H groups in total. The number of ether oxygens (including phenoxy) is 1. The summed E-state index contributed by atoms with van der Waals surface area (Å²) >= 11 is 12.4. The SMILES string of the molecule is CN(C)S(=O)(=O)[C@@H]1CCOC[C@H]1Cc1c(Cl)cccc1Cl. The zero-order valence-corrected chi connectivity index (χ0v) is 14.4. The molecule has 1 heterocycles. The second-order valence-electron chi connectivity index (χ2n) is 5.39. The van der Waals surface area contributed by atoms with E-state index in [2.05, 4.69) is 0 Å². The Morgan fingerprint density at radius 3 is 2.48 bits per heavy atom. The second-order valence-corrected chi connectivity index (χ2v) is 8.57. The summed E-state index contributed by atoms with van der Waals surface area (Å²) in [6, 6.07) is 5.31. The maximum absolute atomic E-state index is 12.5. The second kappa shape index (κ2) is 6.84. The van der Waals surface area contributed by atoms with Crippen LogP contribution in [-0.4, -0.2) is 45.3 Å². The van der Waals surface area contributed by atoms with E-state index in [1.165, 1.54) is 4.31 Å². The summed E-state index contributed by atoms with van der Waals surface area (Å²) in [6.07, 6.45) is 0.990. The van der Waals surface area contributed by atoms with E-state index in [1.54, 1.807) is 32.3 Å². The smallest absolute Gasteiger partial charge is 0.216 e. The van der Waals surface area contributed by atoms with Gasteiger partial charge in [0.05, 0.1) is 11.9 Å². The average Bonchev–Trinajstić information content (AvgIpc) is 2.43. The minimum absolute atomic E-state index is 0.149. The van der Waals surface area contributed by atoms with Crippen LogP contribution in [0, 0.1) is 5.92 Å². The largest absolute Gasteiger partial charge is 0.381 e. The molecule has 0 spiro atoms. The van der Waals surface area contributed by atoms with E-state index in [1.807, 2.05) is 0 Å². The van der Waals surface area contributed by atoms with Gasteiger partial charge in [-0.3, -0.25) is 0 Å². The van der Waals surface area contributed by atoms with Gasteiger partial charge in [-0.2, -0.15) is 0 Å². The summed E-state index contributed by atoms with van der Waals surface area (Å²) < 4.78 is 31.7. The van der Waals surface area contributed by atoms with Crippen molar-refractivity contribution in [3.05, 3.63) is 33.8 Å². The number of hydrogen-bond donors (Lipinski definition) is 0. The molecule has 2 rings (SSSR count). The minimum atomic E-state index is -3.33. The standard InChI is InChI=1S/C14H19Cl2NO3S/c1-17(2)21(18,19)14-6-7-20-9-10(14)8-11-12(15)4-3-5-13(11)16/h3-5,10,14H,6-9H2,1-2H3/t10-,14-/m1/s1. The Labute approximate surface area is 136 Å². The van der Waals surface area contributed by atoms with Gasteiger partial charge in [-0.25, -0.2) is 12.7 Å². The van der Waals surface area contributed by atoms with Gasteiger partial charge in [0.1, 0.15) is 0 Å². The Morgan fingerprint density at radius 2 is 1.90 bits per heavy atom. The van der Waals surface area contributed by atoms with E-state index in [-0.39, 0.29) is 5.92 Å². The third-order valence-electron chi connectivity index (χ3n) is 3.82. The van der Waals surface area contributed by atoms with Gasteiger partial charge in [0.2, 0.25) is 10.0 Å². The highest BCUT2D eigenvalue weighted by Crippen LogP contribution is 2.32. The number of nitrogens with zero attached hydrogens (tertiary/aromatic N) is 1. The first kappa shape index (κ1) is 17.0. The predicted octanol–water partition coefficient (Wildman–Crippen LogP) is 2.83. The molecular weight excluding hydrogens is 333 g/mol. The topological polar surface area (TPSA) is 46.6 Å². The average molecular weight is 352 g/mol. The summed E-state index contributed by atoms with van der Waals surface area (Å²) in [7, 11) is -0.208. The van der Waals surface area contributed by atoms with Crippen LogP contribution in [-0.2, 0) is 21.2 Å². The van der Waals surface area contributed by atoms with Gasteiger partial charge in [-0.15, -0.1) is 0 Å². The summed E-state index contributed by atoms with van der Waals surface area (Å²) in [5, 5.41) is 0.664. The molecule has 0 unspecified atom stereocenters. The highest BCUT2D eigenvalue weighted by molar-refractivity contribution is 7.89. The summed E-state index contributed by atoms with van der Waals surface area (Å²) in [6.45, 7) is 0.865. The van der Waals surface area contributed by atoms with Gasteiger partial charge in [0.25, 0.3) is 0 Å². The third kappa shape index (κ3) is 3.71. The summed E-state index contributed by atoms with van der Waals surface area (Å²) in [4.78, 5) is 0. The molecule has 21 heavy (non-hydrogen) atoms. The Morgan fingerprint density at radius 1 is 1.29 bits per heavy atom. The van der Waals surface area contributed by atoms with E-state index >= 15 is 0 Å². The molecule has 7 heteroatoms. The molecule has 1 aromatic rings. The molecule has 118 valence electrons. The van der Waals surface area contributed by atoms with Crippen LogP contribution in [0.25, 0.3) is 0 Å². The normalized spacial score (nSPS) is 23.5. The van der Waals surface area contributed by atoms with Gasteiger partial charge in [0.15, 0.2) is 0 Å². The van der Waals surface area contributed by atoms with Crippen LogP contribution in [0.1, 0.15) is 12.0 Å². The molecule has 1 aromatic carbocycles.